The Hall–Kier alpha value is -2.66. The Morgan fingerprint density at radius 3 is 1.64 bits per heavy atom. The van der Waals surface area contributed by atoms with E-state index in [0.29, 0.717) is 11.5 Å². The van der Waals surface area contributed by atoms with Gasteiger partial charge >= 0.3 is 13.6 Å². The number of ether oxygens (including phenoxy) is 3. The number of para-hydroxylation sites is 4. The molecule has 0 radical (unpaired) electrons. The second-order valence-electron chi connectivity index (χ2n) is 5.70. The highest BCUT2D eigenvalue weighted by Gasteiger charge is 2.45. The number of hydrogen-bond acceptors (Lipinski definition) is 7. The molecule has 1 atom stereocenters. The minimum Gasteiger partial charge on any atom is -0.493 e. The van der Waals surface area contributed by atoms with Crippen LogP contribution in [0.2, 0.25) is 0 Å². The first-order valence-electron chi connectivity index (χ1n) is 8.90. The fraction of sp³-hybridized carbons (Fsp3) is 0.350. The van der Waals surface area contributed by atoms with Crippen LogP contribution in [0.5, 0.6) is 23.0 Å². The summed E-state index contributed by atoms with van der Waals surface area (Å²) < 4.78 is 41.1. The predicted octanol–water partition coefficient (Wildman–Crippen LogP) is 4.70. The fourth-order valence-corrected chi connectivity index (χ4v) is 4.49. The standard InChI is InChI=1S/C20H25O7P/c1-5-19(20(21)25-6-2)28(22,26-17-13-9-7-11-15(17)23-3)27-18-14-10-8-12-16(18)24-4/h7-14,19H,5-6H2,1-4H3. The van der Waals surface area contributed by atoms with Gasteiger partial charge in [0.05, 0.1) is 20.8 Å². The maximum absolute atomic E-state index is 13.9. The Morgan fingerprint density at radius 2 is 1.29 bits per heavy atom. The van der Waals surface area contributed by atoms with Crippen molar-refractivity contribution in [2.75, 3.05) is 20.8 Å². The van der Waals surface area contributed by atoms with Gasteiger partial charge in [0, 0.05) is 0 Å². The zero-order chi connectivity index (χ0) is 20.6. The second-order valence-corrected chi connectivity index (χ2v) is 7.77. The van der Waals surface area contributed by atoms with Gasteiger partial charge in [-0.25, -0.2) is 4.57 Å². The van der Waals surface area contributed by atoms with Gasteiger partial charge in [0.2, 0.25) is 0 Å². The Kier molecular flexibility index (Phi) is 7.76. The minimum absolute atomic E-state index is 0.151. The van der Waals surface area contributed by atoms with Gasteiger partial charge in [-0.05, 0) is 37.6 Å². The number of benzene rings is 2. The van der Waals surface area contributed by atoms with E-state index in [4.69, 9.17) is 23.3 Å². The Labute approximate surface area is 165 Å². The molecule has 0 fully saturated rings. The molecule has 2 rings (SSSR count). The van der Waals surface area contributed by atoms with Crippen molar-refractivity contribution in [3.63, 3.8) is 0 Å². The first-order chi connectivity index (χ1) is 13.5. The zero-order valence-corrected chi connectivity index (χ0v) is 17.3. The van der Waals surface area contributed by atoms with Crippen molar-refractivity contribution < 1.29 is 32.6 Å². The predicted molar refractivity (Wildman–Crippen MR) is 106 cm³/mol. The van der Waals surface area contributed by atoms with Crippen LogP contribution in [0.4, 0.5) is 0 Å². The number of esters is 1. The van der Waals surface area contributed by atoms with Gasteiger partial charge in [-0.1, -0.05) is 31.2 Å². The van der Waals surface area contributed by atoms with Crippen LogP contribution in [0.15, 0.2) is 48.5 Å². The number of carbonyl (C=O) groups excluding carboxylic acids is 1. The van der Waals surface area contributed by atoms with Crippen molar-refractivity contribution in [3.8, 4) is 23.0 Å². The van der Waals surface area contributed by atoms with Crippen LogP contribution in [-0.2, 0) is 14.1 Å². The minimum atomic E-state index is -4.07. The molecule has 0 bridgehead atoms. The van der Waals surface area contributed by atoms with E-state index < -0.39 is 19.2 Å². The molecule has 2 aromatic carbocycles. The third-order valence-corrected chi connectivity index (χ3v) is 6.16. The highest BCUT2D eigenvalue weighted by Crippen LogP contribution is 2.56. The number of hydrogen-bond donors (Lipinski definition) is 0. The Balaban J connectivity index is 2.50. The number of methoxy groups -OCH3 is 2. The maximum atomic E-state index is 13.9. The lowest BCUT2D eigenvalue weighted by molar-refractivity contribution is -0.143. The van der Waals surface area contributed by atoms with Crippen molar-refractivity contribution >= 4 is 13.6 Å². The van der Waals surface area contributed by atoms with E-state index in [1.165, 1.54) is 14.2 Å². The molecule has 1 unspecified atom stereocenters. The van der Waals surface area contributed by atoms with E-state index in [-0.39, 0.29) is 24.5 Å². The molecule has 0 aliphatic carbocycles. The maximum Gasteiger partial charge on any atom is 0.445 e. The van der Waals surface area contributed by atoms with E-state index in [2.05, 4.69) is 0 Å². The van der Waals surface area contributed by atoms with Crippen LogP contribution in [0.3, 0.4) is 0 Å². The summed E-state index contributed by atoms with van der Waals surface area (Å²) in [6, 6.07) is 13.4. The third-order valence-electron chi connectivity index (χ3n) is 3.92. The molecule has 2 aromatic rings. The highest BCUT2D eigenvalue weighted by atomic mass is 31.2. The summed E-state index contributed by atoms with van der Waals surface area (Å²) in [7, 11) is -1.14. The van der Waals surface area contributed by atoms with Crippen LogP contribution >= 0.6 is 7.60 Å². The van der Waals surface area contributed by atoms with Gasteiger partial charge in [-0.15, -0.1) is 0 Å². The smallest absolute Gasteiger partial charge is 0.445 e. The van der Waals surface area contributed by atoms with E-state index in [1.54, 1.807) is 62.4 Å². The lowest BCUT2D eigenvalue weighted by Crippen LogP contribution is -2.27. The van der Waals surface area contributed by atoms with Gasteiger partial charge in [0.25, 0.3) is 0 Å². The van der Waals surface area contributed by atoms with Gasteiger partial charge in [0.15, 0.2) is 28.7 Å². The molecular formula is C20H25O7P. The fourth-order valence-electron chi connectivity index (χ4n) is 2.57. The van der Waals surface area contributed by atoms with Crippen LogP contribution in [0.1, 0.15) is 20.3 Å². The molecule has 0 aliphatic heterocycles. The summed E-state index contributed by atoms with van der Waals surface area (Å²) in [5, 5.41) is 0. The molecule has 28 heavy (non-hydrogen) atoms. The first kappa shape index (κ1) is 21.6. The summed E-state index contributed by atoms with van der Waals surface area (Å²) in [6.45, 7) is 3.54. The normalized spacial score (nSPS) is 12.0. The summed E-state index contributed by atoms with van der Waals surface area (Å²) in [5.41, 5.74) is -1.12. The second kappa shape index (κ2) is 10.0. The molecule has 0 N–H and O–H groups in total. The van der Waals surface area contributed by atoms with E-state index in [1.807, 2.05) is 0 Å². The van der Waals surface area contributed by atoms with E-state index in [9.17, 15) is 9.36 Å². The van der Waals surface area contributed by atoms with Gasteiger partial charge < -0.3 is 23.3 Å². The monoisotopic (exact) mass is 408 g/mol. The molecule has 7 nitrogen and oxygen atoms in total. The molecule has 0 heterocycles. The van der Waals surface area contributed by atoms with Gasteiger partial charge in [0.1, 0.15) is 0 Å². The van der Waals surface area contributed by atoms with Gasteiger partial charge in [-0.3, -0.25) is 4.79 Å². The largest absolute Gasteiger partial charge is 0.493 e. The van der Waals surface area contributed by atoms with Crippen molar-refractivity contribution in [2.24, 2.45) is 0 Å². The van der Waals surface area contributed by atoms with Crippen LogP contribution in [0.25, 0.3) is 0 Å². The topological polar surface area (TPSA) is 80.3 Å². The Morgan fingerprint density at radius 1 is 0.857 bits per heavy atom. The zero-order valence-electron chi connectivity index (χ0n) is 16.4. The summed E-state index contributed by atoms with van der Waals surface area (Å²) in [4.78, 5) is 12.5. The third kappa shape index (κ3) is 4.98. The van der Waals surface area contributed by atoms with Crippen molar-refractivity contribution in [1.29, 1.82) is 0 Å². The average molecular weight is 408 g/mol. The Bertz CT molecular complexity index is 783. The summed E-state index contributed by atoms with van der Waals surface area (Å²) >= 11 is 0. The molecule has 0 aromatic heterocycles. The molecule has 0 aliphatic rings. The van der Waals surface area contributed by atoms with Crippen LogP contribution < -0.4 is 18.5 Å². The lowest BCUT2D eigenvalue weighted by Gasteiger charge is -2.26. The summed E-state index contributed by atoms with van der Waals surface area (Å²) in [6.07, 6.45) is 0.195. The van der Waals surface area contributed by atoms with Crippen LogP contribution in [0, 0.1) is 0 Å². The SMILES string of the molecule is CCOC(=O)C(CC)P(=O)(Oc1ccccc1OC)Oc1ccccc1OC. The van der Waals surface area contributed by atoms with Crippen molar-refractivity contribution in [2.45, 2.75) is 25.9 Å². The quantitative estimate of drug-likeness (QED) is 0.416. The number of rotatable bonds is 10. The first-order valence-corrected chi connectivity index (χ1v) is 10.5. The number of carbonyl (C=O) groups is 1. The molecule has 0 spiro atoms. The molecule has 152 valence electrons. The average Bonchev–Trinajstić information content (AvgIpc) is 2.69. The van der Waals surface area contributed by atoms with Crippen molar-refractivity contribution in [3.05, 3.63) is 48.5 Å². The van der Waals surface area contributed by atoms with Gasteiger partial charge in [-0.2, -0.15) is 0 Å². The van der Waals surface area contributed by atoms with Crippen molar-refractivity contribution in [1.82, 2.24) is 0 Å². The molecular weight excluding hydrogens is 383 g/mol. The molecule has 0 saturated heterocycles. The van der Waals surface area contributed by atoms with Crippen LogP contribution in [-0.4, -0.2) is 32.5 Å². The molecule has 0 amide bonds. The highest BCUT2D eigenvalue weighted by molar-refractivity contribution is 7.56. The lowest BCUT2D eigenvalue weighted by atomic mass is 10.3. The molecule has 8 heteroatoms. The molecule has 0 saturated carbocycles. The summed E-state index contributed by atoms with van der Waals surface area (Å²) in [5.74, 6) is 0.477. The van der Waals surface area contributed by atoms with E-state index >= 15 is 0 Å². The van der Waals surface area contributed by atoms with E-state index in [0.717, 1.165) is 0 Å².